The van der Waals surface area contributed by atoms with Gasteiger partial charge in [-0.2, -0.15) is 0 Å². The number of urea groups is 1. The summed E-state index contributed by atoms with van der Waals surface area (Å²) in [5, 5.41) is 13.2. The number of hydrogen-bond acceptors (Lipinski definition) is 4. The molecule has 0 bridgehead atoms. The summed E-state index contributed by atoms with van der Waals surface area (Å²) < 4.78 is 5.14. The smallest absolute Gasteiger partial charge is 0.330 e. The second-order valence-electron chi connectivity index (χ2n) is 4.34. The third-order valence-electron chi connectivity index (χ3n) is 2.92. The molecule has 3 N–H and O–H groups in total. The summed E-state index contributed by atoms with van der Waals surface area (Å²) in [5.41, 5.74) is 2.63. The average molecular weight is 243 g/mol. The molecule has 0 aromatic heterocycles. The first-order chi connectivity index (χ1) is 8.16. The second kappa shape index (κ2) is 5.33. The van der Waals surface area contributed by atoms with Gasteiger partial charge in [0.05, 0.1) is 13.2 Å². The molecule has 2 aliphatic rings. The number of nitrogens with one attached hydrogen (secondary N) is 2. The van der Waals surface area contributed by atoms with Crippen molar-refractivity contribution < 1.29 is 19.4 Å². The highest BCUT2D eigenvalue weighted by Crippen LogP contribution is 2.32. The van der Waals surface area contributed by atoms with E-state index < -0.39 is 18.0 Å². The van der Waals surface area contributed by atoms with E-state index in [1.165, 1.54) is 0 Å². The molecule has 1 saturated carbocycles. The van der Waals surface area contributed by atoms with Gasteiger partial charge in [-0.25, -0.2) is 14.6 Å². The molecule has 7 heteroatoms. The van der Waals surface area contributed by atoms with Gasteiger partial charge in [0, 0.05) is 13.1 Å². The third kappa shape index (κ3) is 3.57. The zero-order valence-corrected chi connectivity index (χ0v) is 9.52. The van der Waals surface area contributed by atoms with Crippen molar-refractivity contribution in [3.8, 4) is 0 Å². The quantitative estimate of drug-likeness (QED) is 0.613. The maximum Gasteiger partial charge on any atom is 0.330 e. The van der Waals surface area contributed by atoms with Crippen molar-refractivity contribution in [1.82, 2.24) is 15.8 Å². The fourth-order valence-corrected chi connectivity index (χ4v) is 1.80. The van der Waals surface area contributed by atoms with Crippen molar-refractivity contribution in [1.29, 1.82) is 0 Å². The lowest BCUT2D eigenvalue weighted by Crippen LogP contribution is -2.55. The van der Waals surface area contributed by atoms with E-state index >= 15 is 0 Å². The summed E-state index contributed by atoms with van der Waals surface area (Å²) >= 11 is 0. The van der Waals surface area contributed by atoms with Crippen molar-refractivity contribution >= 4 is 12.0 Å². The summed E-state index contributed by atoms with van der Waals surface area (Å²) in [4.78, 5) is 22.5. The largest absolute Gasteiger partial charge is 0.480 e. The minimum atomic E-state index is -0.968. The number of carbonyl (C=O) groups excluding carboxylic acids is 1. The van der Waals surface area contributed by atoms with E-state index in [2.05, 4.69) is 10.7 Å². The molecule has 2 rings (SSSR count). The Bertz CT molecular complexity index is 300. The topological polar surface area (TPSA) is 90.9 Å². The summed E-state index contributed by atoms with van der Waals surface area (Å²) in [6.07, 6.45) is 1.74. The first kappa shape index (κ1) is 12.1. The Kier molecular flexibility index (Phi) is 3.80. The molecule has 1 saturated heterocycles. The lowest BCUT2D eigenvalue weighted by molar-refractivity contribution is -0.139. The fourth-order valence-electron chi connectivity index (χ4n) is 1.80. The van der Waals surface area contributed by atoms with Crippen molar-refractivity contribution in [2.24, 2.45) is 5.92 Å². The molecule has 1 atom stereocenters. The molecule has 1 aliphatic carbocycles. The number of ether oxygens (including phenoxy) is 1. The molecule has 2 amide bonds. The van der Waals surface area contributed by atoms with Crippen LogP contribution < -0.4 is 10.7 Å². The summed E-state index contributed by atoms with van der Waals surface area (Å²) in [5.74, 6) is -0.882. The molecule has 0 radical (unpaired) electrons. The summed E-state index contributed by atoms with van der Waals surface area (Å²) in [7, 11) is 0. The van der Waals surface area contributed by atoms with Crippen LogP contribution in [0.5, 0.6) is 0 Å². The van der Waals surface area contributed by atoms with Crippen molar-refractivity contribution in [2.45, 2.75) is 18.9 Å². The lowest BCUT2D eigenvalue weighted by atomic mass is 10.2. The molecular weight excluding hydrogens is 226 g/mol. The Morgan fingerprint density at radius 1 is 1.29 bits per heavy atom. The third-order valence-corrected chi connectivity index (χ3v) is 2.92. The van der Waals surface area contributed by atoms with E-state index in [0.29, 0.717) is 26.3 Å². The Balaban J connectivity index is 1.76. The highest BCUT2D eigenvalue weighted by Gasteiger charge is 2.37. The van der Waals surface area contributed by atoms with Gasteiger partial charge in [0.25, 0.3) is 0 Å². The van der Waals surface area contributed by atoms with Crippen LogP contribution in [0.2, 0.25) is 0 Å². The Labute approximate surface area is 99.1 Å². The molecule has 0 aromatic carbocycles. The fraction of sp³-hybridized carbons (Fsp3) is 0.800. The van der Waals surface area contributed by atoms with E-state index in [1.807, 2.05) is 0 Å². The number of carbonyl (C=O) groups is 2. The molecule has 1 unspecified atom stereocenters. The van der Waals surface area contributed by atoms with Gasteiger partial charge < -0.3 is 15.2 Å². The predicted molar refractivity (Wildman–Crippen MR) is 58.2 cm³/mol. The lowest BCUT2D eigenvalue weighted by Gasteiger charge is -2.27. The highest BCUT2D eigenvalue weighted by atomic mass is 16.5. The minimum Gasteiger partial charge on any atom is -0.480 e. The van der Waals surface area contributed by atoms with Crippen molar-refractivity contribution in [3.05, 3.63) is 0 Å². The van der Waals surface area contributed by atoms with Crippen molar-refractivity contribution in [3.63, 3.8) is 0 Å². The number of carboxylic acid groups (broad SMARTS) is 1. The van der Waals surface area contributed by atoms with Crippen LogP contribution in [0.4, 0.5) is 4.79 Å². The van der Waals surface area contributed by atoms with Crippen LogP contribution >= 0.6 is 0 Å². The van der Waals surface area contributed by atoms with Crippen LogP contribution in [0.1, 0.15) is 12.8 Å². The van der Waals surface area contributed by atoms with Crippen LogP contribution in [0.3, 0.4) is 0 Å². The normalized spacial score (nSPS) is 22.8. The van der Waals surface area contributed by atoms with Crippen molar-refractivity contribution in [2.75, 3.05) is 26.3 Å². The zero-order chi connectivity index (χ0) is 12.3. The van der Waals surface area contributed by atoms with Gasteiger partial charge in [-0.15, -0.1) is 0 Å². The monoisotopic (exact) mass is 243 g/mol. The van der Waals surface area contributed by atoms with E-state index in [4.69, 9.17) is 9.84 Å². The number of amides is 2. The summed E-state index contributed by atoms with van der Waals surface area (Å²) in [6.45, 7) is 2.39. The molecule has 0 aromatic rings. The van der Waals surface area contributed by atoms with E-state index in [1.54, 1.807) is 5.01 Å². The number of morpholine rings is 1. The van der Waals surface area contributed by atoms with Gasteiger partial charge in [0.15, 0.2) is 0 Å². The van der Waals surface area contributed by atoms with Gasteiger partial charge in [-0.1, -0.05) is 0 Å². The Morgan fingerprint density at radius 3 is 2.47 bits per heavy atom. The number of rotatable bonds is 4. The molecule has 0 spiro atoms. The van der Waals surface area contributed by atoms with E-state index in [9.17, 15) is 9.59 Å². The Morgan fingerprint density at radius 2 is 1.94 bits per heavy atom. The molecule has 2 fully saturated rings. The number of nitrogens with zero attached hydrogens (tertiary/aromatic N) is 1. The van der Waals surface area contributed by atoms with Gasteiger partial charge in [0.2, 0.25) is 0 Å². The Hall–Kier alpha value is -1.34. The van der Waals surface area contributed by atoms with Gasteiger partial charge in [-0.05, 0) is 18.8 Å². The predicted octanol–water partition coefficient (Wildman–Crippen LogP) is -0.604. The van der Waals surface area contributed by atoms with Crippen LogP contribution in [0.25, 0.3) is 0 Å². The molecule has 17 heavy (non-hydrogen) atoms. The van der Waals surface area contributed by atoms with Crippen LogP contribution in [0.15, 0.2) is 0 Å². The van der Waals surface area contributed by atoms with Gasteiger partial charge in [-0.3, -0.25) is 5.43 Å². The van der Waals surface area contributed by atoms with Crippen LogP contribution in [-0.2, 0) is 9.53 Å². The molecular formula is C10H17N3O4. The molecule has 1 aliphatic heterocycles. The molecule has 1 heterocycles. The average Bonchev–Trinajstić information content (AvgIpc) is 3.11. The molecule has 96 valence electrons. The van der Waals surface area contributed by atoms with Gasteiger partial charge in [0.1, 0.15) is 6.04 Å². The first-order valence-electron chi connectivity index (χ1n) is 5.79. The van der Waals surface area contributed by atoms with E-state index in [0.717, 1.165) is 12.8 Å². The maximum absolute atomic E-state index is 11.6. The standard InChI is InChI=1S/C10H17N3O4/c14-9(15)8(7-1-2-7)11-10(16)12-13-3-5-17-6-4-13/h7-8H,1-6H2,(H,14,15)(H2,11,12,16). The SMILES string of the molecule is O=C(NC(C(=O)O)C1CC1)NN1CCOCC1. The molecule has 7 nitrogen and oxygen atoms in total. The number of hydrogen-bond donors (Lipinski definition) is 3. The highest BCUT2D eigenvalue weighted by molar-refractivity contribution is 5.82. The number of aliphatic carboxylic acids is 1. The van der Waals surface area contributed by atoms with Crippen LogP contribution in [0, 0.1) is 5.92 Å². The van der Waals surface area contributed by atoms with Crippen LogP contribution in [-0.4, -0.2) is 54.5 Å². The zero-order valence-electron chi connectivity index (χ0n) is 9.52. The minimum absolute atomic E-state index is 0.0861. The first-order valence-corrected chi connectivity index (χ1v) is 5.79. The second-order valence-corrected chi connectivity index (χ2v) is 4.34. The number of hydrazine groups is 1. The number of carboxylic acids is 1. The summed E-state index contributed by atoms with van der Waals surface area (Å²) in [6, 6.07) is -1.22. The van der Waals surface area contributed by atoms with E-state index in [-0.39, 0.29) is 5.92 Å². The maximum atomic E-state index is 11.6. The van der Waals surface area contributed by atoms with Gasteiger partial charge >= 0.3 is 12.0 Å².